The number of carbonyl (C=O) groups excluding carboxylic acids is 1. The Kier molecular flexibility index (Phi) is 6.01. The first-order valence-electron chi connectivity index (χ1n) is 5.54. The Morgan fingerprint density at radius 1 is 1.17 bits per heavy atom. The lowest BCUT2D eigenvalue weighted by molar-refractivity contribution is 0.0982. The molecule has 1 aromatic carbocycles. The number of hydrogen-bond acceptors (Lipinski definition) is 3. The quantitative estimate of drug-likeness (QED) is 0.689. The number of hydrogen-bond donors (Lipinski definition) is 0. The number of carbonyl (C=O) groups is 1. The maximum Gasteiger partial charge on any atom is 0.162 e. The van der Waals surface area contributed by atoms with E-state index in [4.69, 9.17) is 0 Å². The molecular formula is C12H14Br2O3S. The summed E-state index contributed by atoms with van der Waals surface area (Å²) >= 11 is 6.63. The molecule has 0 amide bonds. The minimum atomic E-state index is -2.98. The van der Waals surface area contributed by atoms with Crippen molar-refractivity contribution >= 4 is 47.5 Å². The van der Waals surface area contributed by atoms with Gasteiger partial charge in [-0.15, -0.1) is 0 Å². The highest BCUT2D eigenvalue weighted by Gasteiger charge is 2.11. The van der Waals surface area contributed by atoms with E-state index >= 15 is 0 Å². The van der Waals surface area contributed by atoms with Crippen LogP contribution in [0.25, 0.3) is 0 Å². The molecule has 0 aliphatic carbocycles. The molecule has 0 saturated heterocycles. The normalized spacial score (nSPS) is 11.5. The maximum atomic E-state index is 11.9. The van der Waals surface area contributed by atoms with E-state index in [0.717, 1.165) is 8.95 Å². The molecule has 0 aromatic heterocycles. The third-order valence-electron chi connectivity index (χ3n) is 2.48. The van der Waals surface area contributed by atoms with Crippen molar-refractivity contribution in [1.82, 2.24) is 0 Å². The Hall–Kier alpha value is -0.200. The van der Waals surface area contributed by atoms with Crippen molar-refractivity contribution in [2.45, 2.75) is 19.8 Å². The zero-order valence-corrected chi connectivity index (χ0v) is 13.9. The third-order valence-corrected chi connectivity index (χ3v) is 5.19. The van der Waals surface area contributed by atoms with E-state index in [1.54, 1.807) is 19.1 Å². The number of benzene rings is 1. The summed E-state index contributed by atoms with van der Waals surface area (Å²) in [6.45, 7) is 1.61. The Morgan fingerprint density at radius 3 is 2.22 bits per heavy atom. The zero-order valence-electron chi connectivity index (χ0n) is 9.95. The SMILES string of the molecule is CCS(=O)(=O)CCCC(=O)c1cc(Br)cc(Br)c1. The predicted octanol–water partition coefficient (Wildman–Crippen LogP) is 3.61. The molecule has 0 spiro atoms. The number of rotatable bonds is 6. The Labute approximate surface area is 124 Å². The molecule has 0 fully saturated rings. The summed E-state index contributed by atoms with van der Waals surface area (Å²) in [4.78, 5) is 11.9. The molecule has 0 unspecified atom stereocenters. The van der Waals surface area contributed by atoms with Crippen molar-refractivity contribution in [3.8, 4) is 0 Å². The van der Waals surface area contributed by atoms with Gasteiger partial charge in [0.25, 0.3) is 0 Å². The van der Waals surface area contributed by atoms with E-state index in [0.29, 0.717) is 12.0 Å². The highest BCUT2D eigenvalue weighted by atomic mass is 79.9. The van der Waals surface area contributed by atoms with Crippen LogP contribution in [0.15, 0.2) is 27.1 Å². The molecule has 1 aromatic rings. The second-order valence-corrected chi connectivity index (χ2v) is 8.23. The van der Waals surface area contributed by atoms with Gasteiger partial charge in [0.2, 0.25) is 0 Å². The van der Waals surface area contributed by atoms with Gasteiger partial charge in [0.1, 0.15) is 9.84 Å². The lowest BCUT2D eigenvalue weighted by atomic mass is 10.1. The van der Waals surface area contributed by atoms with Crippen molar-refractivity contribution in [2.24, 2.45) is 0 Å². The first kappa shape index (κ1) is 15.9. The van der Waals surface area contributed by atoms with Gasteiger partial charge in [-0.05, 0) is 24.6 Å². The average Bonchev–Trinajstić information content (AvgIpc) is 2.27. The van der Waals surface area contributed by atoms with E-state index in [1.807, 2.05) is 6.07 Å². The van der Waals surface area contributed by atoms with Crippen molar-refractivity contribution in [2.75, 3.05) is 11.5 Å². The number of sulfone groups is 1. The zero-order chi connectivity index (χ0) is 13.8. The molecule has 6 heteroatoms. The standard InChI is InChI=1S/C12H14Br2O3S/c1-2-18(16,17)5-3-4-12(15)9-6-10(13)8-11(14)7-9/h6-8H,2-5H2,1H3. The van der Waals surface area contributed by atoms with Crippen LogP contribution in [0.1, 0.15) is 30.1 Å². The van der Waals surface area contributed by atoms with E-state index in [2.05, 4.69) is 31.9 Å². The molecule has 3 nitrogen and oxygen atoms in total. The highest BCUT2D eigenvalue weighted by Crippen LogP contribution is 2.21. The number of halogens is 2. The van der Waals surface area contributed by atoms with Gasteiger partial charge in [-0.1, -0.05) is 38.8 Å². The van der Waals surface area contributed by atoms with Crippen LogP contribution in [-0.4, -0.2) is 25.7 Å². The van der Waals surface area contributed by atoms with Crippen LogP contribution in [0.3, 0.4) is 0 Å². The van der Waals surface area contributed by atoms with E-state index < -0.39 is 9.84 Å². The highest BCUT2D eigenvalue weighted by molar-refractivity contribution is 9.11. The van der Waals surface area contributed by atoms with Crippen LogP contribution < -0.4 is 0 Å². The molecule has 18 heavy (non-hydrogen) atoms. The second kappa shape index (κ2) is 6.82. The Balaban J connectivity index is 2.61. The Morgan fingerprint density at radius 2 is 1.72 bits per heavy atom. The van der Waals surface area contributed by atoms with Crippen LogP contribution in [0.4, 0.5) is 0 Å². The van der Waals surface area contributed by atoms with Crippen LogP contribution in [0.5, 0.6) is 0 Å². The first-order chi connectivity index (χ1) is 8.34. The van der Waals surface area contributed by atoms with Gasteiger partial charge in [0.15, 0.2) is 5.78 Å². The van der Waals surface area contributed by atoms with Gasteiger partial charge >= 0.3 is 0 Å². The fourth-order valence-corrected chi connectivity index (χ4v) is 3.62. The molecular weight excluding hydrogens is 384 g/mol. The summed E-state index contributed by atoms with van der Waals surface area (Å²) < 4.78 is 24.2. The molecule has 0 bridgehead atoms. The van der Waals surface area contributed by atoms with Crippen LogP contribution in [0.2, 0.25) is 0 Å². The topological polar surface area (TPSA) is 51.2 Å². The lowest BCUT2D eigenvalue weighted by Gasteiger charge is -2.03. The van der Waals surface area contributed by atoms with Crippen LogP contribution >= 0.6 is 31.9 Å². The van der Waals surface area contributed by atoms with E-state index in [1.165, 1.54) is 0 Å². The molecule has 0 aliphatic heterocycles. The molecule has 0 atom stereocenters. The largest absolute Gasteiger partial charge is 0.294 e. The van der Waals surface area contributed by atoms with Crippen molar-refractivity contribution in [1.29, 1.82) is 0 Å². The summed E-state index contributed by atoms with van der Waals surface area (Å²) in [7, 11) is -2.98. The summed E-state index contributed by atoms with van der Waals surface area (Å²) in [5, 5.41) is 0. The first-order valence-corrected chi connectivity index (χ1v) is 8.94. The lowest BCUT2D eigenvalue weighted by Crippen LogP contribution is -2.10. The fraction of sp³-hybridized carbons (Fsp3) is 0.417. The van der Waals surface area contributed by atoms with Crippen molar-refractivity contribution < 1.29 is 13.2 Å². The molecule has 0 radical (unpaired) electrons. The average molecular weight is 398 g/mol. The molecule has 100 valence electrons. The predicted molar refractivity (Wildman–Crippen MR) is 79.7 cm³/mol. The van der Waals surface area contributed by atoms with Gasteiger partial charge in [0, 0.05) is 26.7 Å². The van der Waals surface area contributed by atoms with E-state index in [9.17, 15) is 13.2 Å². The fourth-order valence-electron chi connectivity index (χ4n) is 1.46. The smallest absolute Gasteiger partial charge is 0.162 e. The molecule has 0 heterocycles. The number of ketones is 1. The van der Waals surface area contributed by atoms with Crippen molar-refractivity contribution in [3.63, 3.8) is 0 Å². The molecule has 0 N–H and O–H groups in total. The van der Waals surface area contributed by atoms with Gasteiger partial charge in [-0.25, -0.2) is 8.42 Å². The minimum Gasteiger partial charge on any atom is -0.294 e. The summed E-state index contributed by atoms with van der Waals surface area (Å²) in [5.41, 5.74) is 0.588. The van der Waals surface area contributed by atoms with Gasteiger partial charge < -0.3 is 0 Å². The monoisotopic (exact) mass is 396 g/mol. The third kappa shape index (κ3) is 5.20. The van der Waals surface area contributed by atoms with E-state index in [-0.39, 0.29) is 23.7 Å². The molecule has 0 saturated carbocycles. The van der Waals surface area contributed by atoms with Crippen LogP contribution in [0, 0.1) is 0 Å². The van der Waals surface area contributed by atoms with Crippen molar-refractivity contribution in [3.05, 3.63) is 32.7 Å². The van der Waals surface area contributed by atoms with Gasteiger partial charge in [0.05, 0.1) is 5.75 Å². The maximum absolute atomic E-state index is 11.9. The second-order valence-electron chi connectivity index (χ2n) is 3.92. The molecule has 0 aliphatic rings. The minimum absolute atomic E-state index is 0.0386. The molecule has 1 rings (SSSR count). The summed E-state index contributed by atoms with van der Waals surface area (Å²) in [6.07, 6.45) is 0.626. The number of Topliss-reactive ketones (excluding diaryl/α,β-unsaturated/α-hetero) is 1. The Bertz CT molecular complexity index is 518. The van der Waals surface area contributed by atoms with Gasteiger partial charge in [-0.2, -0.15) is 0 Å². The summed E-state index contributed by atoms with van der Waals surface area (Å²) in [5.74, 6) is 0.164. The summed E-state index contributed by atoms with van der Waals surface area (Å²) in [6, 6.07) is 5.32. The van der Waals surface area contributed by atoms with Gasteiger partial charge in [-0.3, -0.25) is 4.79 Å². The van der Waals surface area contributed by atoms with Crippen LogP contribution in [-0.2, 0) is 9.84 Å².